The Labute approximate surface area is 178 Å². The topological polar surface area (TPSA) is 31.4 Å². The quantitative estimate of drug-likeness (QED) is 0.490. The summed E-state index contributed by atoms with van der Waals surface area (Å²) in [7, 11) is 0. The second-order valence-corrected chi connectivity index (χ2v) is 7.90. The molecule has 3 heteroatoms. The third-order valence-corrected chi connectivity index (χ3v) is 5.33. The van der Waals surface area contributed by atoms with E-state index < -0.39 is 6.29 Å². The van der Waals surface area contributed by atoms with Crippen molar-refractivity contribution < 1.29 is 9.47 Å². The molecule has 0 saturated carbocycles. The largest absolute Gasteiger partial charge is 0.465 e. The standard InChI is InChI=1S/C27H27NO2/c1-17-13-18(2)26(21(5)27-29-19(3)15-20(4)30-27)24(14-17)25-12-11-23(16-28-25)22-9-7-6-8-10-22/h6-16,19,27H,5H2,1-4H3. The molecule has 0 fully saturated rings. The molecule has 0 amide bonds. The van der Waals surface area contributed by atoms with Gasteiger partial charge in [0.15, 0.2) is 0 Å². The van der Waals surface area contributed by atoms with Crippen molar-refractivity contribution in [3.05, 3.63) is 95.9 Å². The van der Waals surface area contributed by atoms with Crippen LogP contribution in [-0.4, -0.2) is 17.4 Å². The van der Waals surface area contributed by atoms with Crippen molar-refractivity contribution in [1.29, 1.82) is 0 Å². The molecule has 30 heavy (non-hydrogen) atoms. The minimum Gasteiger partial charge on any atom is -0.465 e. The molecule has 2 atom stereocenters. The van der Waals surface area contributed by atoms with Gasteiger partial charge in [-0.1, -0.05) is 54.6 Å². The molecule has 1 aliphatic heterocycles. The van der Waals surface area contributed by atoms with E-state index >= 15 is 0 Å². The third kappa shape index (κ3) is 4.07. The van der Waals surface area contributed by atoms with E-state index in [-0.39, 0.29) is 6.10 Å². The first-order chi connectivity index (χ1) is 14.4. The van der Waals surface area contributed by atoms with Crippen LogP contribution in [0.25, 0.3) is 28.0 Å². The predicted octanol–water partition coefficient (Wildman–Crippen LogP) is 6.71. The van der Waals surface area contributed by atoms with Gasteiger partial charge in [-0.15, -0.1) is 0 Å². The van der Waals surface area contributed by atoms with E-state index in [4.69, 9.17) is 14.5 Å². The lowest BCUT2D eigenvalue weighted by Gasteiger charge is -2.30. The molecule has 3 aromatic rings. The van der Waals surface area contributed by atoms with Crippen molar-refractivity contribution in [3.8, 4) is 22.4 Å². The van der Waals surface area contributed by atoms with Gasteiger partial charge < -0.3 is 9.47 Å². The Morgan fingerprint density at radius 3 is 2.40 bits per heavy atom. The number of allylic oxidation sites excluding steroid dienone is 1. The zero-order valence-corrected chi connectivity index (χ0v) is 18.0. The van der Waals surface area contributed by atoms with E-state index in [0.717, 1.165) is 44.8 Å². The number of benzene rings is 2. The number of ether oxygens (including phenoxy) is 2. The zero-order valence-electron chi connectivity index (χ0n) is 18.0. The second kappa shape index (κ2) is 8.29. The second-order valence-electron chi connectivity index (χ2n) is 7.90. The van der Waals surface area contributed by atoms with E-state index in [1.165, 1.54) is 5.56 Å². The van der Waals surface area contributed by atoms with Crippen LogP contribution in [0.4, 0.5) is 0 Å². The Kier molecular flexibility index (Phi) is 5.56. The molecule has 1 aliphatic rings. The summed E-state index contributed by atoms with van der Waals surface area (Å²) in [6.07, 6.45) is 3.38. The molecule has 3 nitrogen and oxygen atoms in total. The van der Waals surface area contributed by atoms with Crippen molar-refractivity contribution in [2.75, 3.05) is 0 Å². The highest BCUT2D eigenvalue weighted by molar-refractivity contribution is 5.83. The highest BCUT2D eigenvalue weighted by Crippen LogP contribution is 2.36. The summed E-state index contributed by atoms with van der Waals surface area (Å²) in [5.41, 5.74) is 8.37. The molecule has 152 valence electrons. The van der Waals surface area contributed by atoms with Crippen molar-refractivity contribution >= 4 is 5.57 Å². The minimum absolute atomic E-state index is 0.0158. The molecule has 2 heterocycles. The monoisotopic (exact) mass is 397 g/mol. The van der Waals surface area contributed by atoms with Crippen LogP contribution in [0.1, 0.15) is 30.5 Å². The molecule has 0 N–H and O–H groups in total. The molecule has 0 bridgehead atoms. The van der Waals surface area contributed by atoms with Crippen LogP contribution in [0.5, 0.6) is 0 Å². The third-order valence-electron chi connectivity index (χ3n) is 5.33. The summed E-state index contributed by atoms with van der Waals surface area (Å²) in [5.74, 6) is 0.858. The van der Waals surface area contributed by atoms with Gasteiger partial charge in [0.1, 0.15) is 0 Å². The molecule has 0 radical (unpaired) electrons. The van der Waals surface area contributed by atoms with E-state index in [9.17, 15) is 0 Å². The van der Waals surface area contributed by atoms with Gasteiger partial charge in [0.2, 0.25) is 6.29 Å². The maximum absolute atomic E-state index is 6.01. The van der Waals surface area contributed by atoms with Crippen molar-refractivity contribution in [1.82, 2.24) is 4.98 Å². The maximum atomic E-state index is 6.01. The first kappa shape index (κ1) is 20.1. The van der Waals surface area contributed by atoms with Gasteiger partial charge in [-0.05, 0) is 62.6 Å². The molecule has 0 aliphatic carbocycles. The Balaban J connectivity index is 1.74. The SMILES string of the molecule is C=C(c1c(C)cc(C)cc1-c1ccc(-c2ccccc2)cn1)C1OC(C)=CC(C)O1. The summed E-state index contributed by atoms with van der Waals surface area (Å²) in [4.78, 5) is 4.79. The lowest BCUT2D eigenvalue weighted by atomic mass is 9.91. The highest BCUT2D eigenvalue weighted by atomic mass is 16.7. The summed E-state index contributed by atoms with van der Waals surface area (Å²) in [6.45, 7) is 12.5. The van der Waals surface area contributed by atoms with Gasteiger partial charge in [0, 0.05) is 22.9 Å². The van der Waals surface area contributed by atoms with Crippen LogP contribution in [0.2, 0.25) is 0 Å². The van der Waals surface area contributed by atoms with Gasteiger partial charge in [0.05, 0.1) is 17.6 Å². The normalized spacial score (nSPS) is 18.5. The Morgan fingerprint density at radius 2 is 1.73 bits per heavy atom. The van der Waals surface area contributed by atoms with Crippen molar-refractivity contribution in [2.24, 2.45) is 0 Å². The van der Waals surface area contributed by atoms with Crippen molar-refractivity contribution in [2.45, 2.75) is 40.1 Å². The summed E-state index contributed by atoms with van der Waals surface area (Å²) < 4.78 is 12.0. The predicted molar refractivity (Wildman–Crippen MR) is 123 cm³/mol. The van der Waals surface area contributed by atoms with Crippen LogP contribution >= 0.6 is 0 Å². The number of hydrogen-bond donors (Lipinski definition) is 0. The van der Waals surface area contributed by atoms with Crippen LogP contribution < -0.4 is 0 Å². The number of nitrogens with zero attached hydrogens (tertiary/aromatic N) is 1. The average molecular weight is 398 g/mol. The van der Waals surface area contributed by atoms with Crippen LogP contribution in [0.3, 0.4) is 0 Å². The Bertz CT molecular complexity index is 1100. The fourth-order valence-corrected chi connectivity index (χ4v) is 4.02. The summed E-state index contributed by atoms with van der Waals surface area (Å²) in [6, 6.07) is 18.8. The molecule has 1 aromatic heterocycles. The van der Waals surface area contributed by atoms with E-state index in [2.05, 4.69) is 56.8 Å². The van der Waals surface area contributed by atoms with E-state index in [1.807, 2.05) is 44.3 Å². The summed E-state index contributed by atoms with van der Waals surface area (Å²) in [5, 5.41) is 0. The van der Waals surface area contributed by atoms with Crippen molar-refractivity contribution in [3.63, 3.8) is 0 Å². The first-order valence-electron chi connectivity index (χ1n) is 10.2. The van der Waals surface area contributed by atoms with Gasteiger partial charge in [-0.25, -0.2) is 0 Å². The smallest absolute Gasteiger partial charge is 0.226 e. The first-order valence-corrected chi connectivity index (χ1v) is 10.2. The van der Waals surface area contributed by atoms with Gasteiger partial charge in [-0.2, -0.15) is 0 Å². The molecular weight excluding hydrogens is 370 g/mol. The maximum Gasteiger partial charge on any atom is 0.226 e. The Hall–Kier alpha value is -3.17. The Morgan fingerprint density at radius 1 is 0.967 bits per heavy atom. The highest BCUT2D eigenvalue weighted by Gasteiger charge is 2.26. The van der Waals surface area contributed by atoms with Crippen LogP contribution in [-0.2, 0) is 9.47 Å². The molecule has 0 spiro atoms. The van der Waals surface area contributed by atoms with E-state index in [1.54, 1.807) is 0 Å². The number of pyridine rings is 1. The average Bonchev–Trinajstić information content (AvgIpc) is 2.73. The summed E-state index contributed by atoms with van der Waals surface area (Å²) >= 11 is 0. The molecular formula is C27H27NO2. The van der Waals surface area contributed by atoms with Crippen LogP contribution in [0.15, 0.2) is 79.2 Å². The van der Waals surface area contributed by atoms with E-state index in [0.29, 0.717) is 0 Å². The van der Waals surface area contributed by atoms with Crippen LogP contribution in [0, 0.1) is 13.8 Å². The lowest BCUT2D eigenvalue weighted by molar-refractivity contribution is -0.112. The number of rotatable bonds is 4. The van der Waals surface area contributed by atoms with Gasteiger partial charge in [0.25, 0.3) is 0 Å². The zero-order chi connectivity index (χ0) is 21.3. The number of hydrogen-bond acceptors (Lipinski definition) is 3. The van der Waals surface area contributed by atoms with Gasteiger partial charge >= 0.3 is 0 Å². The fraction of sp³-hybridized carbons (Fsp3) is 0.222. The lowest BCUT2D eigenvalue weighted by Crippen LogP contribution is -2.27. The molecule has 4 rings (SSSR count). The molecule has 0 saturated heterocycles. The minimum atomic E-state index is -0.506. The molecule has 2 aromatic carbocycles. The molecule has 2 unspecified atom stereocenters. The number of aryl methyl sites for hydroxylation is 2. The number of aromatic nitrogens is 1. The fourth-order valence-electron chi connectivity index (χ4n) is 4.02. The van der Waals surface area contributed by atoms with Gasteiger partial charge in [-0.3, -0.25) is 4.98 Å².